The lowest BCUT2D eigenvalue weighted by molar-refractivity contribution is -0.353. The fourth-order valence-electron chi connectivity index (χ4n) is 5.61. The predicted octanol–water partition coefficient (Wildman–Crippen LogP) is 3.32. The minimum absolute atomic E-state index is 0.200. The van der Waals surface area contributed by atoms with Gasteiger partial charge in [-0.15, -0.1) is 0 Å². The Morgan fingerprint density at radius 1 is 0.644 bits per heavy atom. The van der Waals surface area contributed by atoms with Gasteiger partial charge in [0.1, 0.15) is 24.4 Å². The minimum atomic E-state index is -1.09. The second-order valence-corrected chi connectivity index (χ2v) is 11.7. The largest absolute Gasteiger partial charge is 0.394 e. The van der Waals surface area contributed by atoms with Crippen LogP contribution in [-0.2, 0) is 41.6 Å². The van der Waals surface area contributed by atoms with E-state index in [-0.39, 0.29) is 24.5 Å². The smallest absolute Gasteiger partial charge is 0.184 e. The van der Waals surface area contributed by atoms with E-state index in [0.29, 0.717) is 19.8 Å². The first-order valence-corrected chi connectivity index (χ1v) is 15.4. The molecule has 0 bridgehead atoms. The standard InChI is InChI=1S/C21H24O5.C14H20O5/c1-14-18(22)19-17(13-24-21(26-19)16-10-6-3-7-11-16)25-20(14)23-12-15-8-4-2-5-9-15;1-9-12(16)13(17)11(7-15)19-14(9)18-8-10-5-3-2-4-6-10/h2-11,14,17-22H,12-13H2,1H3;2-6,9,11-17H,7-8H2,1H3/t14-,17?,18?,19+,20+,21?;9-,11?,12?,13+,14+/m00/s1. The molecule has 3 saturated heterocycles. The maximum absolute atomic E-state index is 10.8. The molecule has 0 spiro atoms. The second kappa shape index (κ2) is 16.2. The molecular formula is C35H44O10. The summed E-state index contributed by atoms with van der Waals surface area (Å²) < 4.78 is 34.9. The summed E-state index contributed by atoms with van der Waals surface area (Å²) >= 11 is 0. The van der Waals surface area contributed by atoms with Gasteiger partial charge in [0.05, 0.1) is 38.6 Å². The zero-order valence-corrected chi connectivity index (χ0v) is 25.6. The lowest BCUT2D eigenvalue weighted by atomic mass is 9.91. The average molecular weight is 625 g/mol. The molecule has 244 valence electrons. The van der Waals surface area contributed by atoms with Gasteiger partial charge >= 0.3 is 0 Å². The minimum Gasteiger partial charge on any atom is -0.394 e. The summed E-state index contributed by atoms with van der Waals surface area (Å²) in [6.45, 7) is 4.48. The monoisotopic (exact) mass is 624 g/mol. The molecule has 0 aliphatic carbocycles. The molecule has 0 saturated carbocycles. The first-order chi connectivity index (χ1) is 21.9. The molecule has 4 N–H and O–H groups in total. The number of hydrogen-bond donors (Lipinski definition) is 4. The first kappa shape index (κ1) is 33.6. The van der Waals surface area contributed by atoms with Gasteiger partial charge in [0.15, 0.2) is 18.9 Å². The van der Waals surface area contributed by atoms with Crippen molar-refractivity contribution in [3.05, 3.63) is 108 Å². The van der Waals surface area contributed by atoms with Gasteiger partial charge in [0.2, 0.25) is 0 Å². The predicted molar refractivity (Wildman–Crippen MR) is 163 cm³/mol. The number of hydrogen-bond acceptors (Lipinski definition) is 10. The average Bonchev–Trinajstić information content (AvgIpc) is 3.09. The van der Waals surface area contributed by atoms with E-state index in [1.807, 2.05) is 97.9 Å². The van der Waals surface area contributed by atoms with Crippen LogP contribution in [0.5, 0.6) is 0 Å². The summed E-state index contributed by atoms with van der Waals surface area (Å²) in [7, 11) is 0. The molecule has 6 rings (SSSR count). The third-order valence-corrected chi connectivity index (χ3v) is 8.45. The number of ether oxygens (including phenoxy) is 6. The Labute approximate surface area is 264 Å². The molecule has 45 heavy (non-hydrogen) atoms. The Hall–Kier alpha value is -2.74. The van der Waals surface area contributed by atoms with Gasteiger partial charge in [-0.25, -0.2) is 0 Å². The summed E-state index contributed by atoms with van der Waals surface area (Å²) in [6.07, 6.45) is -5.94. The third kappa shape index (κ3) is 8.55. The van der Waals surface area contributed by atoms with Gasteiger partial charge in [0, 0.05) is 17.4 Å². The van der Waals surface area contributed by atoms with Crippen molar-refractivity contribution in [2.75, 3.05) is 13.2 Å². The molecule has 10 heteroatoms. The number of benzene rings is 3. The van der Waals surface area contributed by atoms with Crippen molar-refractivity contribution in [1.29, 1.82) is 0 Å². The van der Waals surface area contributed by atoms with Crippen molar-refractivity contribution in [1.82, 2.24) is 0 Å². The van der Waals surface area contributed by atoms with Gasteiger partial charge < -0.3 is 48.8 Å². The lowest BCUT2D eigenvalue weighted by Crippen LogP contribution is -2.59. The molecule has 3 fully saturated rings. The molecule has 11 atom stereocenters. The summed E-state index contributed by atoms with van der Waals surface area (Å²) in [4.78, 5) is 0. The molecule has 0 radical (unpaired) electrons. The van der Waals surface area contributed by atoms with Crippen LogP contribution in [-0.4, -0.2) is 82.8 Å². The molecule has 3 aliphatic rings. The Bertz CT molecular complexity index is 1260. The van der Waals surface area contributed by atoms with Crippen LogP contribution in [0, 0.1) is 11.8 Å². The van der Waals surface area contributed by atoms with Gasteiger partial charge in [-0.3, -0.25) is 0 Å². The molecule has 5 unspecified atom stereocenters. The first-order valence-electron chi connectivity index (χ1n) is 15.4. The van der Waals surface area contributed by atoms with Crippen molar-refractivity contribution in [2.45, 2.75) is 82.6 Å². The van der Waals surface area contributed by atoms with E-state index in [1.54, 1.807) is 6.92 Å². The summed E-state index contributed by atoms with van der Waals surface area (Å²) in [6, 6.07) is 29.3. The highest BCUT2D eigenvalue weighted by Crippen LogP contribution is 2.36. The number of aliphatic hydroxyl groups is 4. The van der Waals surface area contributed by atoms with Crippen LogP contribution in [0.4, 0.5) is 0 Å². The van der Waals surface area contributed by atoms with Crippen LogP contribution < -0.4 is 0 Å². The van der Waals surface area contributed by atoms with Crippen LogP contribution in [0.3, 0.4) is 0 Å². The van der Waals surface area contributed by atoms with Gasteiger partial charge in [-0.2, -0.15) is 0 Å². The maximum atomic E-state index is 10.8. The number of rotatable bonds is 8. The quantitative estimate of drug-likeness (QED) is 0.296. The highest BCUT2D eigenvalue weighted by molar-refractivity contribution is 5.17. The number of fused-ring (bicyclic) bond motifs is 1. The topological polar surface area (TPSA) is 136 Å². The van der Waals surface area contributed by atoms with Crippen molar-refractivity contribution in [3.8, 4) is 0 Å². The molecule has 3 aromatic rings. The van der Waals surface area contributed by atoms with Crippen LogP contribution in [0.1, 0.15) is 36.8 Å². The maximum Gasteiger partial charge on any atom is 0.184 e. The SMILES string of the molecule is C[C@H]1C(O)[C@@H]2OC(c3ccccc3)OCC2O[C@H]1OCc1ccccc1.C[C@H]1C(O)[C@H](O)C(CO)O[C@H]1OCc1ccccc1. The molecule has 0 aromatic heterocycles. The van der Waals surface area contributed by atoms with Gasteiger partial charge in [-0.1, -0.05) is 105 Å². The summed E-state index contributed by atoms with van der Waals surface area (Å²) in [5, 5.41) is 39.5. The van der Waals surface area contributed by atoms with Crippen LogP contribution in [0.25, 0.3) is 0 Å². The van der Waals surface area contributed by atoms with E-state index >= 15 is 0 Å². The van der Waals surface area contributed by atoms with Gasteiger partial charge in [-0.05, 0) is 11.1 Å². The number of aliphatic hydroxyl groups excluding tert-OH is 4. The Kier molecular flexibility index (Phi) is 12.1. The molecule has 10 nitrogen and oxygen atoms in total. The highest BCUT2D eigenvalue weighted by Gasteiger charge is 2.48. The van der Waals surface area contributed by atoms with Crippen molar-refractivity contribution >= 4 is 0 Å². The normalized spacial score (nSPS) is 34.7. The van der Waals surface area contributed by atoms with Crippen molar-refractivity contribution in [2.24, 2.45) is 11.8 Å². The van der Waals surface area contributed by atoms with Crippen LogP contribution in [0.15, 0.2) is 91.0 Å². The summed E-state index contributed by atoms with van der Waals surface area (Å²) in [5.41, 5.74) is 3.01. The molecule has 0 amide bonds. The van der Waals surface area contributed by atoms with E-state index in [1.165, 1.54) is 0 Å². The van der Waals surface area contributed by atoms with E-state index in [0.717, 1.165) is 16.7 Å². The molecule has 3 aromatic carbocycles. The van der Waals surface area contributed by atoms with E-state index in [2.05, 4.69) is 0 Å². The van der Waals surface area contributed by atoms with E-state index in [9.17, 15) is 15.3 Å². The van der Waals surface area contributed by atoms with E-state index < -0.39 is 49.4 Å². The molecule has 3 aliphatic heterocycles. The van der Waals surface area contributed by atoms with Crippen LogP contribution in [0.2, 0.25) is 0 Å². The zero-order valence-electron chi connectivity index (χ0n) is 25.6. The highest BCUT2D eigenvalue weighted by atomic mass is 16.7. The fourth-order valence-corrected chi connectivity index (χ4v) is 5.61. The van der Waals surface area contributed by atoms with Crippen molar-refractivity contribution < 1.29 is 48.8 Å². The molecular weight excluding hydrogens is 580 g/mol. The Morgan fingerprint density at radius 3 is 1.71 bits per heavy atom. The van der Waals surface area contributed by atoms with E-state index in [4.69, 9.17) is 33.5 Å². The Balaban J connectivity index is 0.000000187. The lowest BCUT2D eigenvalue weighted by Gasteiger charge is -2.47. The van der Waals surface area contributed by atoms with Crippen LogP contribution >= 0.6 is 0 Å². The molecule has 3 heterocycles. The van der Waals surface area contributed by atoms with Gasteiger partial charge in [0.25, 0.3) is 0 Å². The zero-order chi connectivity index (χ0) is 31.8. The summed E-state index contributed by atoms with van der Waals surface area (Å²) in [5.74, 6) is -0.559. The third-order valence-electron chi connectivity index (χ3n) is 8.45. The Morgan fingerprint density at radius 2 is 1.16 bits per heavy atom. The second-order valence-electron chi connectivity index (χ2n) is 11.7. The fraction of sp³-hybridized carbons (Fsp3) is 0.486. The van der Waals surface area contributed by atoms with Crippen molar-refractivity contribution in [3.63, 3.8) is 0 Å².